The van der Waals surface area contributed by atoms with Crippen LogP contribution < -0.4 is 14.8 Å². The number of carbonyl (C=O) groups excluding carboxylic acids is 1. The van der Waals surface area contributed by atoms with Crippen LogP contribution in [0.1, 0.15) is 15.2 Å². The Morgan fingerprint density at radius 2 is 2.14 bits per heavy atom. The number of aryl methyl sites for hydroxylation is 1. The molecule has 0 bridgehead atoms. The van der Waals surface area contributed by atoms with Crippen molar-refractivity contribution in [3.8, 4) is 11.5 Å². The van der Waals surface area contributed by atoms with Gasteiger partial charge in [-0.05, 0) is 29.8 Å². The minimum atomic E-state index is -0.351. The number of anilines is 1. The molecule has 0 atom stereocenters. The van der Waals surface area contributed by atoms with Crippen molar-refractivity contribution in [2.45, 2.75) is 6.92 Å². The van der Waals surface area contributed by atoms with Gasteiger partial charge in [0.25, 0.3) is 11.9 Å². The van der Waals surface area contributed by atoms with E-state index >= 15 is 0 Å². The number of aromatic amines is 1. The molecule has 0 saturated heterocycles. The van der Waals surface area contributed by atoms with Crippen molar-refractivity contribution in [2.24, 2.45) is 0 Å². The molecule has 0 aliphatic carbocycles. The van der Waals surface area contributed by atoms with Gasteiger partial charge in [0.1, 0.15) is 16.4 Å². The summed E-state index contributed by atoms with van der Waals surface area (Å²) in [4.78, 5) is 12.8. The summed E-state index contributed by atoms with van der Waals surface area (Å²) < 4.78 is 11.7. The molecule has 2 N–H and O–H groups in total. The fourth-order valence-electron chi connectivity index (χ4n) is 2.15. The molecule has 3 aromatic rings. The van der Waals surface area contributed by atoms with Crippen molar-refractivity contribution in [3.05, 3.63) is 22.6 Å². The molecule has 0 radical (unpaired) electrons. The summed E-state index contributed by atoms with van der Waals surface area (Å²) in [5.74, 6) is 1.00. The van der Waals surface area contributed by atoms with Crippen molar-refractivity contribution in [1.82, 2.24) is 20.6 Å². The Kier molecular flexibility index (Phi) is 3.63. The molecule has 0 fully saturated rings. The number of H-pyrrole nitrogens is 1. The molecule has 0 saturated carbocycles. The number of hydrogen-bond donors (Lipinski definition) is 2. The van der Waals surface area contributed by atoms with Crippen molar-refractivity contribution in [2.75, 3.05) is 19.5 Å². The fourth-order valence-corrected chi connectivity index (χ4v) is 3.29. The molecule has 1 aromatic carbocycles. The molecule has 0 aliphatic heterocycles. The summed E-state index contributed by atoms with van der Waals surface area (Å²) in [5, 5.41) is 16.5. The number of tetrazole rings is 1. The molecule has 0 aliphatic rings. The zero-order valence-electron chi connectivity index (χ0n) is 12.1. The molecular weight excluding hydrogens is 306 g/mol. The van der Waals surface area contributed by atoms with Gasteiger partial charge in [-0.2, -0.15) is 5.21 Å². The predicted octanol–water partition coefficient (Wildman–Crippen LogP) is 1.99. The van der Waals surface area contributed by atoms with E-state index in [-0.39, 0.29) is 11.9 Å². The summed E-state index contributed by atoms with van der Waals surface area (Å²) in [6.45, 7) is 1.95. The van der Waals surface area contributed by atoms with Crippen molar-refractivity contribution in [3.63, 3.8) is 0 Å². The SMILES string of the molecule is COc1cc2c(OC)c(C(=O)Nc3nn[nH]n3)sc2cc1C. The van der Waals surface area contributed by atoms with E-state index in [0.29, 0.717) is 10.6 Å². The van der Waals surface area contributed by atoms with Crippen molar-refractivity contribution < 1.29 is 14.3 Å². The molecule has 0 unspecified atom stereocenters. The highest BCUT2D eigenvalue weighted by Gasteiger charge is 2.21. The zero-order valence-corrected chi connectivity index (χ0v) is 12.9. The highest BCUT2D eigenvalue weighted by atomic mass is 32.1. The Balaban J connectivity index is 2.07. The van der Waals surface area contributed by atoms with Crippen LogP contribution in [0.3, 0.4) is 0 Å². The van der Waals surface area contributed by atoms with Crippen LogP contribution >= 0.6 is 11.3 Å². The number of rotatable bonds is 4. The lowest BCUT2D eigenvalue weighted by Crippen LogP contribution is -2.12. The van der Waals surface area contributed by atoms with Crippen LogP contribution in [-0.4, -0.2) is 40.8 Å². The van der Waals surface area contributed by atoms with E-state index in [2.05, 4.69) is 25.9 Å². The summed E-state index contributed by atoms with van der Waals surface area (Å²) in [6.07, 6.45) is 0. The normalized spacial score (nSPS) is 10.7. The van der Waals surface area contributed by atoms with Gasteiger partial charge >= 0.3 is 0 Å². The van der Waals surface area contributed by atoms with Crippen molar-refractivity contribution in [1.29, 1.82) is 0 Å². The van der Waals surface area contributed by atoms with Crippen LogP contribution in [-0.2, 0) is 0 Å². The van der Waals surface area contributed by atoms with Gasteiger partial charge in [0.05, 0.1) is 14.2 Å². The van der Waals surface area contributed by atoms with Gasteiger partial charge < -0.3 is 9.47 Å². The number of fused-ring (bicyclic) bond motifs is 1. The summed E-state index contributed by atoms with van der Waals surface area (Å²) in [6, 6.07) is 3.83. The Morgan fingerprint density at radius 1 is 1.32 bits per heavy atom. The second-order valence-electron chi connectivity index (χ2n) is 4.47. The van der Waals surface area contributed by atoms with Gasteiger partial charge in [-0.3, -0.25) is 10.1 Å². The quantitative estimate of drug-likeness (QED) is 0.762. The lowest BCUT2D eigenvalue weighted by atomic mass is 10.1. The van der Waals surface area contributed by atoms with Gasteiger partial charge in [0.15, 0.2) is 0 Å². The van der Waals surface area contributed by atoms with Gasteiger partial charge in [-0.15, -0.1) is 16.4 Å². The number of methoxy groups -OCH3 is 2. The molecule has 1 amide bonds. The number of aromatic nitrogens is 4. The third-order valence-electron chi connectivity index (χ3n) is 3.14. The number of amides is 1. The van der Waals surface area contributed by atoms with Crippen molar-refractivity contribution >= 4 is 33.3 Å². The number of carbonyl (C=O) groups is 1. The second kappa shape index (κ2) is 5.60. The molecule has 9 heteroatoms. The van der Waals surface area contributed by atoms with E-state index in [1.807, 2.05) is 19.1 Å². The predicted molar refractivity (Wildman–Crippen MR) is 81.8 cm³/mol. The Bertz CT molecular complexity index is 828. The third-order valence-corrected chi connectivity index (χ3v) is 4.27. The number of thiophene rings is 1. The largest absolute Gasteiger partial charge is 0.496 e. The van der Waals surface area contributed by atoms with E-state index in [0.717, 1.165) is 21.4 Å². The Hall–Kier alpha value is -2.68. The first-order valence-corrected chi connectivity index (χ1v) is 7.15. The first-order chi connectivity index (χ1) is 10.6. The minimum Gasteiger partial charge on any atom is -0.496 e. The van der Waals surface area contributed by atoms with E-state index in [9.17, 15) is 4.79 Å². The monoisotopic (exact) mass is 319 g/mol. The summed E-state index contributed by atoms with van der Waals surface area (Å²) in [7, 11) is 3.13. The standard InChI is InChI=1S/C13H13N5O3S/c1-6-4-9-7(5-8(6)20-2)10(21-3)11(22-9)12(19)14-13-15-17-18-16-13/h4-5H,1-3H3,(H2,14,15,16,17,18,19). The highest BCUT2D eigenvalue weighted by Crippen LogP contribution is 2.41. The number of nitrogens with zero attached hydrogens (tertiary/aromatic N) is 3. The molecule has 8 nitrogen and oxygen atoms in total. The van der Waals surface area contributed by atoms with Crippen LogP contribution in [0.5, 0.6) is 11.5 Å². The molecule has 114 valence electrons. The van der Waals surface area contributed by atoms with Crippen LogP contribution in [0.4, 0.5) is 5.95 Å². The van der Waals surface area contributed by atoms with Crippen LogP contribution in [0.25, 0.3) is 10.1 Å². The van der Waals surface area contributed by atoms with Crippen LogP contribution in [0.2, 0.25) is 0 Å². The number of hydrogen-bond acceptors (Lipinski definition) is 7. The Morgan fingerprint density at radius 3 is 2.77 bits per heavy atom. The summed E-state index contributed by atoms with van der Waals surface area (Å²) in [5.41, 5.74) is 0.990. The van der Waals surface area contributed by atoms with E-state index in [1.54, 1.807) is 7.11 Å². The summed E-state index contributed by atoms with van der Waals surface area (Å²) >= 11 is 1.33. The third kappa shape index (κ3) is 2.35. The first-order valence-electron chi connectivity index (χ1n) is 6.34. The van der Waals surface area contributed by atoms with E-state index in [1.165, 1.54) is 18.4 Å². The van der Waals surface area contributed by atoms with E-state index in [4.69, 9.17) is 9.47 Å². The maximum absolute atomic E-state index is 12.4. The first kappa shape index (κ1) is 14.3. The molecular formula is C13H13N5O3S. The lowest BCUT2D eigenvalue weighted by Gasteiger charge is -2.05. The van der Waals surface area contributed by atoms with Crippen LogP contribution in [0, 0.1) is 6.92 Å². The Labute approximate surface area is 129 Å². The second-order valence-corrected chi connectivity index (χ2v) is 5.52. The zero-order chi connectivity index (χ0) is 15.7. The van der Waals surface area contributed by atoms with Gasteiger partial charge in [-0.1, -0.05) is 5.10 Å². The van der Waals surface area contributed by atoms with Gasteiger partial charge in [0, 0.05) is 10.1 Å². The number of ether oxygens (including phenoxy) is 2. The molecule has 0 spiro atoms. The number of benzene rings is 1. The maximum Gasteiger partial charge on any atom is 0.272 e. The average molecular weight is 319 g/mol. The maximum atomic E-state index is 12.4. The molecule has 2 heterocycles. The topological polar surface area (TPSA) is 102 Å². The highest BCUT2D eigenvalue weighted by molar-refractivity contribution is 7.21. The van der Waals surface area contributed by atoms with Crippen LogP contribution in [0.15, 0.2) is 12.1 Å². The smallest absolute Gasteiger partial charge is 0.272 e. The van der Waals surface area contributed by atoms with E-state index < -0.39 is 0 Å². The molecule has 2 aromatic heterocycles. The van der Waals surface area contributed by atoms with Gasteiger partial charge in [-0.25, -0.2) is 0 Å². The lowest BCUT2D eigenvalue weighted by molar-refractivity contribution is 0.102. The fraction of sp³-hybridized carbons (Fsp3) is 0.231. The minimum absolute atomic E-state index is 0.110. The molecule has 22 heavy (non-hydrogen) atoms. The molecule has 3 rings (SSSR count). The number of nitrogens with one attached hydrogen (secondary N) is 2. The van der Waals surface area contributed by atoms with Gasteiger partial charge in [0.2, 0.25) is 0 Å². The average Bonchev–Trinajstić information content (AvgIpc) is 3.12.